The second-order valence-electron chi connectivity index (χ2n) is 5.30. The van der Waals surface area contributed by atoms with Gasteiger partial charge in [-0.1, -0.05) is 20.8 Å². The molecule has 0 amide bonds. The molecule has 0 aliphatic rings. The second-order valence-corrected chi connectivity index (χ2v) is 10.1. The van der Waals surface area contributed by atoms with E-state index < -0.39 is 8.32 Å². The molecule has 0 aliphatic heterocycles. The lowest BCUT2D eigenvalue weighted by Crippen LogP contribution is -2.44. The van der Waals surface area contributed by atoms with Crippen LogP contribution < -0.4 is 0 Å². The molecular weight excluding hydrogens is 208 g/mol. The van der Waals surface area contributed by atoms with Crippen molar-refractivity contribution in [2.24, 2.45) is 0 Å². The molecular formula is C11H22O3Si. The lowest BCUT2D eigenvalue weighted by molar-refractivity contribution is -0.111. The highest BCUT2D eigenvalue weighted by Gasteiger charge is 2.38. The van der Waals surface area contributed by atoms with Crippen LogP contribution in [-0.4, -0.2) is 27.0 Å². The van der Waals surface area contributed by atoms with E-state index in [-0.39, 0.29) is 11.1 Å². The maximum Gasteiger partial charge on any atom is 0.192 e. The first-order valence-electron chi connectivity index (χ1n) is 5.29. The summed E-state index contributed by atoms with van der Waals surface area (Å²) in [6, 6.07) is 0. The zero-order chi connectivity index (χ0) is 12.1. The zero-order valence-electron chi connectivity index (χ0n) is 10.4. The van der Waals surface area contributed by atoms with Crippen molar-refractivity contribution in [2.75, 3.05) is 0 Å². The lowest BCUT2D eigenvalue weighted by atomic mass is 10.2. The molecule has 0 atom stereocenters. The smallest absolute Gasteiger partial charge is 0.192 e. The molecule has 0 N–H and O–H groups in total. The van der Waals surface area contributed by atoms with Gasteiger partial charge in [-0.15, -0.1) is 0 Å². The van der Waals surface area contributed by atoms with E-state index >= 15 is 0 Å². The number of aldehydes is 2. The number of rotatable bonds is 6. The van der Waals surface area contributed by atoms with Crippen molar-refractivity contribution in [3.05, 3.63) is 0 Å². The summed E-state index contributed by atoms with van der Waals surface area (Å²) in [6.45, 7) is 10.7. The van der Waals surface area contributed by atoms with Gasteiger partial charge in [-0.25, -0.2) is 0 Å². The van der Waals surface area contributed by atoms with E-state index in [4.69, 9.17) is 4.43 Å². The molecule has 0 aromatic carbocycles. The van der Waals surface area contributed by atoms with E-state index in [1.165, 1.54) is 0 Å². The third-order valence-electron chi connectivity index (χ3n) is 2.99. The quantitative estimate of drug-likeness (QED) is 0.520. The van der Waals surface area contributed by atoms with Crippen LogP contribution in [0.2, 0.25) is 18.1 Å². The molecule has 0 spiro atoms. The van der Waals surface area contributed by atoms with Gasteiger partial charge in [0.25, 0.3) is 0 Å². The van der Waals surface area contributed by atoms with Gasteiger partial charge in [-0.3, -0.25) is 0 Å². The van der Waals surface area contributed by atoms with Crippen molar-refractivity contribution in [2.45, 2.75) is 57.8 Å². The van der Waals surface area contributed by atoms with Gasteiger partial charge in [0.1, 0.15) is 12.6 Å². The van der Waals surface area contributed by atoms with Crippen LogP contribution in [0.15, 0.2) is 0 Å². The van der Waals surface area contributed by atoms with Gasteiger partial charge in [0.2, 0.25) is 0 Å². The molecule has 0 fully saturated rings. The van der Waals surface area contributed by atoms with E-state index in [1.807, 2.05) is 0 Å². The highest BCUT2D eigenvalue weighted by Crippen LogP contribution is 2.37. The summed E-state index contributed by atoms with van der Waals surface area (Å²) in [5.41, 5.74) is 0. The van der Waals surface area contributed by atoms with Crippen LogP contribution in [0.5, 0.6) is 0 Å². The Morgan fingerprint density at radius 3 is 1.80 bits per heavy atom. The van der Waals surface area contributed by atoms with Gasteiger partial charge in [0.15, 0.2) is 8.32 Å². The van der Waals surface area contributed by atoms with Crippen LogP contribution in [0.25, 0.3) is 0 Å². The average Bonchev–Trinajstić information content (AvgIpc) is 2.02. The molecule has 3 nitrogen and oxygen atoms in total. The van der Waals surface area contributed by atoms with Gasteiger partial charge < -0.3 is 14.0 Å². The fourth-order valence-corrected chi connectivity index (χ4v) is 2.38. The van der Waals surface area contributed by atoms with Gasteiger partial charge in [-0.05, 0) is 18.1 Å². The van der Waals surface area contributed by atoms with Crippen molar-refractivity contribution in [3.8, 4) is 0 Å². The summed E-state index contributed by atoms with van der Waals surface area (Å²) in [4.78, 5) is 20.9. The Kier molecular flexibility index (Phi) is 5.38. The molecule has 0 saturated heterocycles. The van der Waals surface area contributed by atoms with E-state index in [1.54, 1.807) is 0 Å². The first kappa shape index (κ1) is 14.5. The molecule has 0 aliphatic carbocycles. The Balaban J connectivity index is 4.50. The molecule has 0 rings (SSSR count). The molecule has 0 unspecified atom stereocenters. The summed E-state index contributed by atoms with van der Waals surface area (Å²) < 4.78 is 5.96. The van der Waals surface area contributed by atoms with Crippen molar-refractivity contribution in [3.63, 3.8) is 0 Å². The Morgan fingerprint density at radius 1 is 1.13 bits per heavy atom. The van der Waals surface area contributed by atoms with Crippen LogP contribution in [0.3, 0.4) is 0 Å². The third kappa shape index (κ3) is 4.71. The summed E-state index contributed by atoms with van der Waals surface area (Å²) >= 11 is 0. The van der Waals surface area contributed by atoms with Crippen LogP contribution in [0.4, 0.5) is 0 Å². The molecule has 0 saturated carbocycles. The SMILES string of the molecule is CC(C)(C)[Si](C)(C)OC(CC=O)CC=O. The topological polar surface area (TPSA) is 43.4 Å². The molecule has 0 aromatic heterocycles. The maximum absolute atomic E-state index is 10.4. The van der Waals surface area contributed by atoms with Crippen LogP contribution in [0, 0.1) is 0 Å². The minimum Gasteiger partial charge on any atom is -0.413 e. The first-order chi connectivity index (χ1) is 6.74. The average molecular weight is 230 g/mol. The summed E-state index contributed by atoms with van der Waals surface area (Å²) in [5.74, 6) is 0. The Morgan fingerprint density at radius 2 is 1.53 bits per heavy atom. The van der Waals surface area contributed by atoms with Crippen molar-refractivity contribution >= 4 is 20.9 Å². The summed E-state index contributed by atoms with van der Waals surface area (Å²) in [7, 11) is -1.86. The van der Waals surface area contributed by atoms with Gasteiger partial charge in [-0.2, -0.15) is 0 Å². The molecule has 0 radical (unpaired) electrons. The fraction of sp³-hybridized carbons (Fsp3) is 0.818. The normalized spacial score (nSPS) is 12.9. The lowest BCUT2D eigenvalue weighted by Gasteiger charge is -2.38. The van der Waals surface area contributed by atoms with E-state index in [2.05, 4.69) is 33.9 Å². The van der Waals surface area contributed by atoms with E-state index in [0.717, 1.165) is 12.6 Å². The second kappa shape index (κ2) is 5.56. The van der Waals surface area contributed by atoms with Gasteiger partial charge >= 0.3 is 0 Å². The third-order valence-corrected chi connectivity index (χ3v) is 7.52. The fourth-order valence-electron chi connectivity index (χ4n) is 1.00. The van der Waals surface area contributed by atoms with E-state index in [9.17, 15) is 9.59 Å². The molecule has 0 heterocycles. The molecule has 88 valence electrons. The van der Waals surface area contributed by atoms with Crippen LogP contribution >= 0.6 is 0 Å². The molecule has 0 aromatic rings. The predicted octanol–water partition coefficient (Wildman–Crippen LogP) is 2.55. The van der Waals surface area contributed by atoms with Crippen molar-refractivity contribution in [1.29, 1.82) is 0 Å². The van der Waals surface area contributed by atoms with Crippen LogP contribution in [-0.2, 0) is 14.0 Å². The summed E-state index contributed by atoms with van der Waals surface area (Å²) in [5, 5.41) is 0.108. The minimum absolute atomic E-state index is 0.108. The number of hydrogen-bond acceptors (Lipinski definition) is 3. The number of hydrogen-bond donors (Lipinski definition) is 0. The standard InChI is InChI=1S/C11H22O3Si/c1-11(2,3)15(4,5)14-10(6-8-12)7-9-13/h8-10H,6-7H2,1-5H3. The Bertz CT molecular complexity index is 208. The van der Waals surface area contributed by atoms with Crippen LogP contribution in [0.1, 0.15) is 33.6 Å². The van der Waals surface area contributed by atoms with Gasteiger partial charge in [0.05, 0.1) is 6.10 Å². The zero-order valence-corrected chi connectivity index (χ0v) is 11.4. The monoisotopic (exact) mass is 230 g/mol. The molecule has 0 bridgehead atoms. The van der Waals surface area contributed by atoms with Crippen molar-refractivity contribution < 1.29 is 14.0 Å². The largest absolute Gasteiger partial charge is 0.413 e. The molecule has 15 heavy (non-hydrogen) atoms. The highest BCUT2D eigenvalue weighted by atomic mass is 28.4. The van der Waals surface area contributed by atoms with Crippen molar-refractivity contribution in [1.82, 2.24) is 0 Å². The first-order valence-corrected chi connectivity index (χ1v) is 8.20. The highest BCUT2D eigenvalue weighted by molar-refractivity contribution is 6.74. The molecule has 4 heteroatoms. The van der Waals surface area contributed by atoms with Gasteiger partial charge in [0, 0.05) is 12.8 Å². The van der Waals surface area contributed by atoms with E-state index in [0.29, 0.717) is 12.8 Å². The maximum atomic E-state index is 10.4. The Labute approximate surface area is 93.3 Å². The number of carbonyl (C=O) groups is 2. The number of carbonyl (C=O) groups excluding carboxylic acids is 2. The summed E-state index contributed by atoms with van der Waals surface area (Å²) in [6.07, 6.45) is 2.03. The minimum atomic E-state index is -1.86. The Hall–Kier alpha value is -0.483. The predicted molar refractivity (Wildman–Crippen MR) is 63.4 cm³/mol.